The molecule has 0 aromatic heterocycles. The quantitative estimate of drug-likeness (QED) is 0.674. The van der Waals surface area contributed by atoms with E-state index in [4.69, 9.17) is 10.00 Å². The molecule has 3 aromatic carbocycles. The van der Waals surface area contributed by atoms with E-state index in [1.807, 2.05) is 48.5 Å². The highest BCUT2D eigenvalue weighted by atomic mass is 19.1. The number of hydrogen-bond acceptors (Lipinski definition) is 2. The molecule has 3 rings (SSSR count). The third-order valence-corrected chi connectivity index (χ3v) is 2.96. The van der Waals surface area contributed by atoms with Crippen molar-refractivity contribution in [1.29, 1.82) is 5.26 Å². The Kier molecular flexibility index (Phi) is 3.06. The van der Waals surface area contributed by atoms with Crippen LogP contribution in [0.3, 0.4) is 0 Å². The first-order valence-corrected chi connectivity index (χ1v) is 6.12. The highest BCUT2D eigenvalue weighted by Gasteiger charge is 2.03. The van der Waals surface area contributed by atoms with E-state index >= 15 is 0 Å². The number of hydrogen-bond donors (Lipinski definition) is 0. The molecule has 96 valence electrons. The third kappa shape index (κ3) is 2.45. The normalized spacial score (nSPS) is 10.2. The molecule has 3 aromatic rings. The number of halogens is 1. The van der Waals surface area contributed by atoms with Crippen LogP contribution >= 0.6 is 0 Å². The fourth-order valence-corrected chi connectivity index (χ4v) is 2.05. The van der Waals surface area contributed by atoms with Gasteiger partial charge in [0.05, 0.1) is 11.6 Å². The van der Waals surface area contributed by atoms with Gasteiger partial charge in [-0.15, -0.1) is 0 Å². The summed E-state index contributed by atoms with van der Waals surface area (Å²) in [5, 5.41) is 11.0. The van der Waals surface area contributed by atoms with E-state index in [0.29, 0.717) is 11.5 Å². The Balaban J connectivity index is 1.97. The van der Waals surface area contributed by atoms with Crippen LogP contribution in [-0.2, 0) is 0 Å². The molecular formula is C17H10FNO. The van der Waals surface area contributed by atoms with Crippen molar-refractivity contribution in [3.8, 4) is 17.6 Å². The molecule has 0 N–H and O–H groups in total. The second-order valence-electron chi connectivity index (χ2n) is 4.40. The van der Waals surface area contributed by atoms with Crippen LogP contribution in [0.25, 0.3) is 10.8 Å². The van der Waals surface area contributed by atoms with Gasteiger partial charge in [-0.1, -0.05) is 30.3 Å². The fourth-order valence-electron chi connectivity index (χ4n) is 2.05. The topological polar surface area (TPSA) is 33.0 Å². The fraction of sp³-hybridized carbons (Fsp3) is 0. The molecule has 0 atom stereocenters. The molecule has 0 saturated carbocycles. The van der Waals surface area contributed by atoms with Gasteiger partial charge in [0.25, 0.3) is 0 Å². The Morgan fingerprint density at radius 2 is 1.65 bits per heavy atom. The van der Waals surface area contributed by atoms with Crippen LogP contribution in [0.15, 0.2) is 60.7 Å². The smallest absolute Gasteiger partial charge is 0.131 e. The maximum Gasteiger partial charge on any atom is 0.131 e. The van der Waals surface area contributed by atoms with Gasteiger partial charge in [-0.2, -0.15) is 5.26 Å². The van der Waals surface area contributed by atoms with Crippen LogP contribution in [0, 0.1) is 17.1 Å². The van der Waals surface area contributed by atoms with Crippen LogP contribution in [0.2, 0.25) is 0 Å². The van der Waals surface area contributed by atoms with Crippen molar-refractivity contribution in [2.24, 2.45) is 0 Å². The van der Waals surface area contributed by atoms with Crippen molar-refractivity contribution in [1.82, 2.24) is 0 Å². The lowest BCUT2D eigenvalue weighted by Crippen LogP contribution is -1.87. The number of nitriles is 1. The lowest BCUT2D eigenvalue weighted by atomic mass is 10.1. The van der Waals surface area contributed by atoms with E-state index in [-0.39, 0.29) is 5.56 Å². The molecule has 0 heterocycles. The van der Waals surface area contributed by atoms with Crippen molar-refractivity contribution >= 4 is 10.8 Å². The van der Waals surface area contributed by atoms with Crippen molar-refractivity contribution in [2.75, 3.05) is 0 Å². The summed E-state index contributed by atoms with van der Waals surface area (Å²) in [5.74, 6) is 0.440. The summed E-state index contributed by atoms with van der Waals surface area (Å²) >= 11 is 0. The van der Waals surface area contributed by atoms with Crippen molar-refractivity contribution in [3.63, 3.8) is 0 Å². The Bertz CT molecular complexity index is 821. The summed E-state index contributed by atoms with van der Waals surface area (Å²) in [6.45, 7) is 0. The van der Waals surface area contributed by atoms with Gasteiger partial charge in [0.2, 0.25) is 0 Å². The molecule has 2 nitrogen and oxygen atoms in total. The maximum absolute atomic E-state index is 13.3. The Hall–Kier alpha value is -2.86. The third-order valence-electron chi connectivity index (χ3n) is 2.96. The van der Waals surface area contributed by atoms with Crippen LogP contribution in [0.4, 0.5) is 4.39 Å². The summed E-state index contributed by atoms with van der Waals surface area (Å²) in [6.07, 6.45) is 0. The van der Waals surface area contributed by atoms with Gasteiger partial charge in [0.1, 0.15) is 17.3 Å². The molecule has 0 unspecified atom stereocenters. The number of benzene rings is 3. The average molecular weight is 263 g/mol. The number of rotatable bonds is 2. The highest BCUT2D eigenvalue weighted by Crippen LogP contribution is 2.26. The van der Waals surface area contributed by atoms with E-state index in [1.54, 1.807) is 0 Å². The van der Waals surface area contributed by atoms with Gasteiger partial charge < -0.3 is 4.74 Å². The van der Waals surface area contributed by atoms with E-state index in [0.717, 1.165) is 10.8 Å². The summed E-state index contributed by atoms with van der Waals surface area (Å²) in [4.78, 5) is 0. The SMILES string of the molecule is N#Cc1cc(F)cc(Oc2ccc3ccccc3c2)c1. The minimum Gasteiger partial charge on any atom is -0.457 e. The summed E-state index contributed by atoms with van der Waals surface area (Å²) in [6, 6.07) is 19.4. The van der Waals surface area contributed by atoms with Gasteiger partial charge in [-0.25, -0.2) is 4.39 Å². The van der Waals surface area contributed by atoms with E-state index in [1.165, 1.54) is 18.2 Å². The molecule has 0 fully saturated rings. The van der Waals surface area contributed by atoms with E-state index < -0.39 is 5.82 Å². The molecular weight excluding hydrogens is 253 g/mol. The molecule has 0 amide bonds. The Morgan fingerprint density at radius 3 is 2.45 bits per heavy atom. The molecule has 0 bridgehead atoms. The summed E-state index contributed by atoms with van der Waals surface area (Å²) in [7, 11) is 0. The maximum atomic E-state index is 13.3. The van der Waals surface area contributed by atoms with Gasteiger partial charge in [-0.05, 0) is 35.0 Å². The number of fused-ring (bicyclic) bond motifs is 1. The average Bonchev–Trinajstić information content (AvgIpc) is 2.46. The molecule has 0 aliphatic carbocycles. The zero-order valence-corrected chi connectivity index (χ0v) is 10.5. The predicted molar refractivity (Wildman–Crippen MR) is 75.1 cm³/mol. The number of ether oxygens (including phenoxy) is 1. The summed E-state index contributed by atoms with van der Waals surface area (Å²) < 4.78 is 19.0. The molecule has 20 heavy (non-hydrogen) atoms. The molecule has 0 aliphatic rings. The van der Waals surface area contributed by atoms with Gasteiger partial charge >= 0.3 is 0 Å². The van der Waals surface area contributed by atoms with Crippen LogP contribution in [-0.4, -0.2) is 0 Å². The highest BCUT2D eigenvalue weighted by molar-refractivity contribution is 5.83. The largest absolute Gasteiger partial charge is 0.457 e. The molecule has 0 radical (unpaired) electrons. The lowest BCUT2D eigenvalue weighted by molar-refractivity contribution is 0.477. The van der Waals surface area contributed by atoms with Gasteiger partial charge in [0, 0.05) is 6.07 Å². The number of nitrogens with zero attached hydrogens (tertiary/aromatic N) is 1. The van der Waals surface area contributed by atoms with Crippen LogP contribution in [0.1, 0.15) is 5.56 Å². The Morgan fingerprint density at radius 1 is 0.850 bits per heavy atom. The lowest BCUT2D eigenvalue weighted by Gasteiger charge is -2.07. The molecule has 3 heteroatoms. The van der Waals surface area contributed by atoms with Gasteiger partial charge in [0.15, 0.2) is 0 Å². The molecule has 0 saturated heterocycles. The van der Waals surface area contributed by atoms with Crippen molar-refractivity contribution in [3.05, 3.63) is 72.0 Å². The van der Waals surface area contributed by atoms with Crippen LogP contribution < -0.4 is 4.74 Å². The first kappa shape index (κ1) is 12.2. The second kappa shape index (κ2) is 5.02. The zero-order valence-electron chi connectivity index (χ0n) is 10.5. The molecule has 0 spiro atoms. The minimum atomic E-state index is -0.486. The van der Waals surface area contributed by atoms with Crippen molar-refractivity contribution in [2.45, 2.75) is 0 Å². The van der Waals surface area contributed by atoms with E-state index in [9.17, 15) is 4.39 Å². The molecule has 0 aliphatic heterocycles. The summed E-state index contributed by atoms with van der Waals surface area (Å²) in [5.41, 5.74) is 0.237. The predicted octanol–water partition coefficient (Wildman–Crippen LogP) is 4.64. The monoisotopic (exact) mass is 263 g/mol. The van der Waals surface area contributed by atoms with Crippen LogP contribution in [0.5, 0.6) is 11.5 Å². The standard InChI is InChI=1S/C17H10FNO/c18-15-7-12(11-19)8-17(10-15)20-16-6-5-13-3-1-2-4-14(13)9-16/h1-10H. The first-order valence-electron chi connectivity index (χ1n) is 6.12. The Labute approximate surface area is 115 Å². The van der Waals surface area contributed by atoms with Crippen molar-refractivity contribution < 1.29 is 9.13 Å². The van der Waals surface area contributed by atoms with Gasteiger partial charge in [-0.3, -0.25) is 0 Å². The zero-order chi connectivity index (χ0) is 13.9. The second-order valence-corrected chi connectivity index (χ2v) is 4.40. The minimum absolute atomic E-state index is 0.237. The first-order chi connectivity index (χ1) is 9.74. The van der Waals surface area contributed by atoms with E-state index in [2.05, 4.69) is 0 Å².